The first-order chi connectivity index (χ1) is 9.52. The minimum absolute atomic E-state index is 0.119. The molecule has 0 radical (unpaired) electrons. The van der Waals surface area contributed by atoms with Crippen LogP contribution in [-0.2, 0) is 4.79 Å². The molecule has 0 aliphatic rings. The first-order valence-electron chi connectivity index (χ1n) is 5.42. The smallest absolute Gasteiger partial charge is 0.313 e. The highest BCUT2D eigenvalue weighted by molar-refractivity contribution is 7.99. The SMILES string of the molecule is COc1ccc(Cl)c(-n2c(N)nnc2SCC(=O)O)c1. The van der Waals surface area contributed by atoms with Gasteiger partial charge in [-0.25, -0.2) is 0 Å². The number of aliphatic carboxylic acids is 1. The molecule has 1 heterocycles. The standard InChI is InChI=1S/C11H11ClN4O3S/c1-19-6-2-3-7(12)8(4-6)16-10(13)14-15-11(16)20-5-9(17)18/h2-4H,5H2,1H3,(H2,13,14)(H,17,18). The van der Waals surface area contributed by atoms with Crippen LogP contribution in [0.15, 0.2) is 23.4 Å². The molecule has 9 heteroatoms. The number of hydrogen-bond acceptors (Lipinski definition) is 6. The molecule has 0 aliphatic carbocycles. The Bertz CT molecular complexity index is 647. The van der Waals surface area contributed by atoms with Gasteiger partial charge < -0.3 is 15.6 Å². The molecule has 0 saturated carbocycles. The number of thioether (sulfide) groups is 1. The van der Waals surface area contributed by atoms with Gasteiger partial charge in [-0.1, -0.05) is 23.4 Å². The molecule has 0 aliphatic heterocycles. The number of carboxylic acid groups (broad SMARTS) is 1. The Morgan fingerprint density at radius 2 is 2.30 bits per heavy atom. The highest BCUT2D eigenvalue weighted by atomic mass is 35.5. The average Bonchev–Trinajstić information content (AvgIpc) is 2.78. The van der Waals surface area contributed by atoms with E-state index in [2.05, 4.69) is 10.2 Å². The number of carboxylic acids is 1. The Labute approximate surface area is 123 Å². The van der Waals surface area contributed by atoms with Gasteiger partial charge in [-0.2, -0.15) is 0 Å². The zero-order chi connectivity index (χ0) is 14.7. The molecule has 2 aromatic rings. The third kappa shape index (κ3) is 2.97. The number of benzene rings is 1. The Kier molecular flexibility index (Phi) is 4.35. The zero-order valence-electron chi connectivity index (χ0n) is 10.4. The van der Waals surface area contributed by atoms with Gasteiger partial charge in [0.2, 0.25) is 5.95 Å². The van der Waals surface area contributed by atoms with Gasteiger partial charge in [-0.15, -0.1) is 10.2 Å². The minimum Gasteiger partial charge on any atom is -0.497 e. The number of aromatic nitrogens is 3. The van der Waals surface area contributed by atoms with Gasteiger partial charge >= 0.3 is 5.97 Å². The van der Waals surface area contributed by atoms with Crippen LogP contribution in [-0.4, -0.2) is 38.7 Å². The maximum Gasteiger partial charge on any atom is 0.313 e. The molecular weight excluding hydrogens is 304 g/mol. The van der Waals surface area contributed by atoms with Crippen LogP contribution in [0.5, 0.6) is 5.75 Å². The molecule has 0 atom stereocenters. The number of rotatable bonds is 5. The summed E-state index contributed by atoms with van der Waals surface area (Å²) in [4.78, 5) is 10.6. The lowest BCUT2D eigenvalue weighted by Gasteiger charge is -2.10. The largest absolute Gasteiger partial charge is 0.497 e. The molecule has 0 bridgehead atoms. The molecule has 106 valence electrons. The predicted molar refractivity (Wildman–Crippen MR) is 75.7 cm³/mol. The molecule has 1 aromatic carbocycles. The van der Waals surface area contributed by atoms with Crippen molar-refractivity contribution in [3.05, 3.63) is 23.2 Å². The number of methoxy groups -OCH3 is 1. The fourth-order valence-electron chi connectivity index (χ4n) is 1.52. The molecule has 7 nitrogen and oxygen atoms in total. The van der Waals surface area contributed by atoms with Crippen LogP contribution in [0.3, 0.4) is 0 Å². The van der Waals surface area contributed by atoms with Crippen LogP contribution < -0.4 is 10.5 Å². The van der Waals surface area contributed by atoms with E-state index in [9.17, 15) is 4.79 Å². The van der Waals surface area contributed by atoms with Gasteiger partial charge in [0.15, 0.2) is 5.16 Å². The monoisotopic (exact) mass is 314 g/mol. The van der Waals surface area contributed by atoms with Gasteiger partial charge in [-0.3, -0.25) is 9.36 Å². The van der Waals surface area contributed by atoms with Crippen molar-refractivity contribution in [2.45, 2.75) is 5.16 Å². The molecule has 3 N–H and O–H groups in total. The minimum atomic E-state index is -0.958. The molecule has 20 heavy (non-hydrogen) atoms. The van der Waals surface area contributed by atoms with Crippen LogP contribution in [0, 0.1) is 0 Å². The summed E-state index contributed by atoms with van der Waals surface area (Å²) in [5.74, 6) is -0.403. The van der Waals surface area contributed by atoms with Crippen molar-refractivity contribution in [2.75, 3.05) is 18.6 Å². The summed E-state index contributed by atoms with van der Waals surface area (Å²) in [6.45, 7) is 0. The number of ether oxygens (including phenoxy) is 1. The number of nitrogens with zero attached hydrogens (tertiary/aromatic N) is 3. The van der Waals surface area contributed by atoms with E-state index in [0.29, 0.717) is 21.6 Å². The highest BCUT2D eigenvalue weighted by Crippen LogP contribution is 2.30. The maximum atomic E-state index is 10.6. The number of anilines is 1. The fourth-order valence-corrected chi connectivity index (χ4v) is 2.39. The van der Waals surface area contributed by atoms with Crippen LogP contribution in [0.25, 0.3) is 5.69 Å². The molecule has 0 unspecified atom stereocenters. The summed E-state index contributed by atoms with van der Waals surface area (Å²) in [6.07, 6.45) is 0. The maximum absolute atomic E-state index is 10.6. The lowest BCUT2D eigenvalue weighted by Crippen LogP contribution is -2.05. The second-order valence-corrected chi connectivity index (χ2v) is 5.03. The first-order valence-corrected chi connectivity index (χ1v) is 6.78. The molecule has 0 fully saturated rings. The summed E-state index contributed by atoms with van der Waals surface area (Å²) < 4.78 is 6.62. The van der Waals surface area contributed by atoms with Crippen molar-refractivity contribution < 1.29 is 14.6 Å². The van der Waals surface area contributed by atoms with Crippen LogP contribution in [0.4, 0.5) is 5.95 Å². The topological polar surface area (TPSA) is 103 Å². The van der Waals surface area contributed by atoms with Gasteiger partial charge in [0.25, 0.3) is 0 Å². The quantitative estimate of drug-likeness (QED) is 0.809. The Hall–Kier alpha value is -1.93. The summed E-state index contributed by atoms with van der Waals surface area (Å²) in [6, 6.07) is 5.03. The van der Waals surface area contributed by atoms with Crippen molar-refractivity contribution in [3.8, 4) is 11.4 Å². The van der Waals surface area contributed by atoms with E-state index in [1.165, 1.54) is 11.7 Å². The Morgan fingerprint density at radius 3 is 2.95 bits per heavy atom. The summed E-state index contributed by atoms with van der Waals surface area (Å²) in [5.41, 5.74) is 6.30. The molecule has 0 amide bonds. The van der Waals surface area contributed by atoms with Crippen LogP contribution in [0.1, 0.15) is 0 Å². The van der Waals surface area contributed by atoms with Gasteiger partial charge in [-0.05, 0) is 12.1 Å². The number of hydrogen-bond donors (Lipinski definition) is 2. The Morgan fingerprint density at radius 1 is 1.55 bits per heavy atom. The highest BCUT2D eigenvalue weighted by Gasteiger charge is 2.16. The molecule has 0 saturated heterocycles. The van der Waals surface area contributed by atoms with Gasteiger partial charge in [0, 0.05) is 6.07 Å². The van der Waals surface area contributed by atoms with Crippen molar-refractivity contribution in [1.82, 2.24) is 14.8 Å². The number of nitrogens with two attached hydrogens (primary N) is 1. The third-order valence-electron chi connectivity index (χ3n) is 2.38. The summed E-state index contributed by atoms with van der Waals surface area (Å²) >= 11 is 7.14. The molecule has 2 rings (SSSR count). The van der Waals surface area contributed by atoms with Crippen molar-refractivity contribution >= 4 is 35.3 Å². The van der Waals surface area contributed by atoms with E-state index in [0.717, 1.165) is 11.8 Å². The summed E-state index contributed by atoms with van der Waals surface area (Å²) in [5, 5.41) is 17.1. The lowest BCUT2D eigenvalue weighted by molar-refractivity contribution is -0.133. The fraction of sp³-hybridized carbons (Fsp3) is 0.182. The van der Waals surface area contributed by atoms with Crippen LogP contribution in [0.2, 0.25) is 5.02 Å². The average molecular weight is 315 g/mol. The van der Waals surface area contributed by atoms with Crippen molar-refractivity contribution in [2.24, 2.45) is 0 Å². The van der Waals surface area contributed by atoms with Gasteiger partial charge in [0.1, 0.15) is 5.75 Å². The second-order valence-electron chi connectivity index (χ2n) is 3.68. The van der Waals surface area contributed by atoms with E-state index < -0.39 is 5.97 Å². The first kappa shape index (κ1) is 14.5. The summed E-state index contributed by atoms with van der Waals surface area (Å²) in [7, 11) is 1.53. The predicted octanol–water partition coefficient (Wildman–Crippen LogP) is 1.69. The lowest BCUT2D eigenvalue weighted by atomic mass is 10.3. The van der Waals surface area contributed by atoms with E-state index >= 15 is 0 Å². The van der Waals surface area contributed by atoms with Gasteiger partial charge in [0.05, 0.1) is 23.6 Å². The van der Waals surface area contributed by atoms with Crippen molar-refractivity contribution in [3.63, 3.8) is 0 Å². The van der Waals surface area contributed by atoms with E-state index in [4.69, 9.17) is 27.2 Å². The zero-order valence-corrected chi connectivity index (χ0v) is 12.0. The number of nitrogen functional groups attached to an aromatic ring is 1. The van der Waals surface area contributed by atoms with E-state index in [-0.39, 0.29) is 11.7 Å². The second kappa shape index (κ2) is 6.02. The molecule has 1 aromatic heterocycles. The van der Waals surface area contributed by atoms with E-state index in [1.807, 2.05) is 0 Å². The molecular formula is C11H11ClN4O3S. The number of halogens is 1. The Balaban J connectivity index is 2.46. The van der Waals surface area contributed by atoms with Crippen molar-refractivity contribution in [1.29, 1.82) is 0 Å². The third-order valence-corrected chi connectivity index (χ3v) is 3.61. The van der Waals surface area contributed by atoms with Crippen LogP contribution >= 0.6 is 23.4 Å². The number of carbonyl (C=O) groups is 1. The van der Waals surface area contributed by atoms with E-state index in [1.54, 1.807) is 18.2 Å². The molecule has 0 spiro atoms. The normalized spacial score (nSPS) is 10.5.